The van der Waals surface area contributed by atoms with Crippen LogP contribution in [0.15, 0.2) is 35.8 Å². The minimum atomic E-state index is -0.341. The van der Waals surface area contributed by atoms with E-state index in [0.717, 1.165) is 11.2 Å². The van der Waals surface area contributed by atoms with Gasteiger partial charge in [0, 0.05) is 35.8 Å². The van der Waals surface area contributed by atoms with Crippen molar-refractivity contribution in [2.75, 3.05) is 19.6 Å². The summed E-state index contributed by atoms with van der Waals surface area (Å²) in [5, 5.41) is 3.57. The summed E-state index contributed by atoms with van der Waals surface area (Å²) in [7, 11) is 0. The Labute approximate surface area is 153 Å². The zero-order chi connectivity index (χ0) is 17.4. The van der Waals surface area contributed by atoms with Gasteiger partial charge in [0.2, 0.25) is 5.91 Å². The fraction of sp³-hybridized carbons (Fsp3) is 0.222. The van der Waals surface area contributed by atoms with Crippen molar-refractivity contribution in [3.8, 4) is 11.1 Å². The summed E-state index contributed by atoms with van der Waals surface area (Å²) < 4.78 is 16.2. The highest BCUT2D eigenvalue weighted by molar-refractivity contribution is 7.16. The Bertz CT molecular complexity index is 959. The van der Waals surface area contributed by atoms with Crippen LogP contribution in [0.3, 0.4) is 0 Å². The van der Waals surface area contributed by atoms with Crippen LogP contribution in [0.25, 0.3) is 21.3 Å². The average Bonchev–Trinajstić information content (AvgIpc) is 3.05. The van der Waals surface area contributed by atoms with E-state index in [1.807, 2.05) is 6.07 Å². The largest absolute Gasteiger partial charge is 0.336 e. The molecule has 25 heavy (non-hydrogen) atoms. The molecule has 1 aromatic heterocycles. The predicted molar refractivity (Wildman–Crippen MR) is 98.3 cm³/mol. The molecule has 128 valence electrons. The third-order valence-corrected chi connectivity index (χ3v) is 5.31. The first-order chi connectivity index (χ1) is 12.1. The van der Waals surface area contributed by atoms with Crippen LogP contribution >= 0.6 is 22.9 Å². The molecule has 1 N–H and O–H groups in total. The molecule has 4 rings (SSSR count). The number of hydrogen-bond donors (Lipinski definition) is 1. The number of halogens is 2. The molecule has 0 radical (unpaired) electrons. The van der Waals surface area contributed by atoms with E-state index < -0.39 is 0 Å². The second-order valence-corrected chi connectivity index (χ2v) is 7.25. The first-order valence-electron chi connectivity index (χ1n) is 7.92. The van der Waals surface area contributed by atoms with Crippen LogP contribution in [0.4, 0.5) is 4.39 Å². The van der Waals surface area contributed by atoms with Crippen LogP contribution in [0, 0.1) is 5.82 Å². The van der Waals surface area contributed by atoms with Crippen molar-refractivity contribution in [1.29, 1.82) is 0 Å². The van der Waals surface area contributed by atoms with Gasteiger partial charge in [0.1, 0.15) is 5.82 Å². The summed E-state index contributed by atoms with van der Waals surface area (Å²) in [5.74, 6) is -0.355. The molecule has 2 aromatic carbocycles. The molecule has 2 heterocycles. The minimum absolute atomic E-state index is 0.0145. The number of piperazine rings is 1. The van der Waals surface area contributed by atoms with E-state index in [9.17, 15) is 4.79 Å². The Morgan fingerprint density at radius 1 is 1.36 bits per heavy atom. The van der Waals surface area contributed by atoms with Crippen molar-refractivity contribution in [2.24, 2.45) is 0 Å². The molecule has 0 aliphatic carbocycles. The molecule has 1 amide bonds. The molecule has 4 nitrogen and oxygen atoms in total. The van der Waals surface area contributed by atoms with E-state index in [1.165, 1.54) is 11.3 Å². The molecule has 0 unspecified atom stereocenters. The Morgan fingerprint density at radius 3 is 3.04 bits per heavy atom. The molecule has 0 atom stereocenters. The number of benzene rings is 2. The number of nitrogens with one attached hydrogen (secondary N) is 1. The molecule has 1 fully saturated rings. The van der Waals surface area contributed by atoms with Crippen molar-refractivity contribution in [1.82, 2.24) is 15.2 Å². The van der Waals surface area contributed by atoms with E-state index in [1.54, 1.807) is 34.7 Å². The van der Waals surface area contributed by atoms with Gasteiger partial charge in [-0.2, -0.15) is 0 Å². The number of nitrogens with zero attached hydrogens (tertiary/aromatic N) is 2. The van der Waals surface area contributed by atoms with Gasteiger partial charge >= 0.3 is 0 Å². The van der Waals surface area contributed by atoms with Crippen molar-refractivity contribution in [3.63, 3.8) is 0 Å². The summed E-state index contributed by atoms with van der Waals surface area (Å²) in [6.45, 7) is 1.85. The molecule has 1 aliphatic heterocycles. The van der Waals surface area contributed by atoms with E-state index in [0.29, 0.717) is 40.3 Å². The Kier molecular flexibility index (Phi) is 4.41. The Morgan fingerprint density at radius 2 is 2.24 bits per heavy atom. The highest BCUT2D eigenvalue weighted by Gasteiger charge is 2.22. The van der Waals surface area contributed by atoms with Crippen molar-refractivity contribution < 1.29 is 9.18 Å². The van der Waals surface area contributed by atoms with Gasteiger partial charge in [-0.3, -0.25) is 4.79 Å². The standard InChI is InChI=1S/C18H15ClFN3OS/c19-13-3-1-2-11(6-13)16-17(20)12(7-14-18(16)22-10-25-14)9-23-5-4-21-8-15(23)24/h1-3,6-7,10,21H,4-5,8-9H2. The van der Waals surface area contributed by atoms with Gasteiger partial charge in [-0.25, -0.2) is 9.37 Å². The fourth-order valence-electron chi connectivity index (χ4n) is 3.07. The molecular formula is C18H15ClFN3OS. The topological polar surface area (TPSA) is 45.2 Å². The highest BCUT2D eigenvalue weighted by Crippen LogP contribution is 2.36. The van der Waals surface area contributed by atoms with E-state index in [-0.39, 0.29) is 18.3 Å². The lowest BCUT2D eigenvalue weighted by atomic mass is 10.00. The van der Waals surface area contributed by atoms with Gasteiger partial charge in [-0.05, 0) is 23.8 Å². The van der Waals surface area contributed by atoms with Crippen LogP contribution in [0.2, 0.25) is 5.02 Å². The molecule has 3 aromatic rings. The predicted octanol–water partition coefficient (Wildman–Crippen LogP) is 3.69. The van der Waals surface area contributed by atoms with Gasteiger partial charge in [-0.15, -0.1) is 11.3 Å². The lowest BCUT2D eigenvalue weighted by Gasteiger charge is -2.27. The third kappa shape index (κ3) is 3.13. The first kappa shape index (κ1) is 16.4. The maximum absolute atomic E-state index is 15.3. The Balaban J connectivity index is 1.83. The summed E-state index contributed by atoms with van der Waals surface area (Å²) in [6, 6.07) is 8.90. The quantitative estimate of drug-likeness (QED) is 0.759. The number of amides is 1. The maximum Gasteiger partial charge on any atom is 0.236 e. The lowest BCUT2D eigenvalue weighted by Crippen LogP contribution is -2.47. The van der Waals surface area contributed by atoms with Crippen molar-refractivity contribution in [2.45, 2.75) is 6.54 Å². The number of carbonyl (C=O) groups excluding carboxylic acids is 1. The Hall–Kier alpha value is -2.02. The van der Waals surface area contributed by atoms with Crippen molar-refractivity contribution in [3.05, 3.63) is 52.2 Å². The van der Waals surface area contributed by atoms with E-state index in [4.69, 9.17) is 11.6 Å². The average molecular weight is 376 g/mol. The van der Waals surface area contributed by atoms with Crippen LogP contribution in [-0.2, 0) is 11.3 Å². The van der Waals surface area contributed by atoms with Gasteiger partial charge in [0.05, 0.1) is 22.3 Å². The van der Waals surface area contributed by atoms with Crippen LogP contribution in [-0.4, -0.2) is 35.4 Å². The molecule has 1 aliphatic rings. The maximum atomic E-state index is 15.3. The SMILES string of the molecule is O=C1CNCCN1Cc1cc2scnc2c(-c2cccc(Cl)c2)c1F. The van der Waals surface area contributed by atoms with Gasteiger partial charge in [-0.1, -0.05) is 23.7 Å². The number of thiazole rings is 1. The van der Waals surface area contributed by atoms with Gasteiger partial charge < -0.3 is 10.2 Å². The number of aromatic nitrogens is 1. The zero-order valence-electron chi connectivity index (χ0n) is 13.3. The van der Waals surface area contributed by atoms with Crippen LogP contribution < -0.4 is 5.32 Å². The number of fused-ring (bicyclic) bond motifs is 1. The molecule has 7 heteroatoms. The molecule has 0 bridgehead atoms. The first-order valence-corrected chi connectivity index (χ1v) is 9.18. The van der Waals surface area contributed by atoms with Crippen LogP contribution in [0.5, 0.6) is 0 Å². The number of carbonyl (C=O) groups is 1. The molecule has 0 spiro atoms. The zero-order valence-corrected chi connectivity index (χ0v) is 14.8. The second kappa shape index (κ2) is 6.71. The molecule has 1 saturated heterocycles. The van der Waals surface area contributed by atoms with E-state index in [2.05, 4.69) is 10.3 Å². The number of rotatable bonds is 3. The summed E-state index contributed by atoms with van der Waals surface area (Å²) >= 11 is 7.55. The minimum Gasteiger partial charge on any atom is -0.336 e. The highest BCUT2D eigenvalue weighted by atomic mass is 35.5. The molecular weight excluding hydrogens is 361 g/mol. The van der Waals surface area contributed by atoms with Gasteiger partial charge in [0.15, 0.2) is 0 Å². The third-order valence-electron chi connectivity index (χ3n) is 4.30. The second-order valence-electron chi connectivity index (χ2n) is 5.93. The smallest absolute Gasteiger partial charge is 0.236 e. The van der Waals surface area contributed by atoms with Crippen LogP contribution in [0.1, 0.15) is 5.56 Å². The monoisotopic (exact) mass is 375 g/mol. The number of hydrogen-bond acceptors (Lipinski definition) is 4. The van der Waals surface area contributed by atoms with Crippen molar-refractivity contribution >= 4 is 39.1 Å². The molecule has 0 saturated carbocycles. The lowest BCUT2D eigenvalue weighted by molar-refractivity contribution is -0.132. The summed E-state index contributed by atoms with van der Waals surface area (Å²) in [5.41, 5.74) is 3.97. The summed E-state index contributed by atoms with van der Waals surface area (Å²) in [6.07, 6.45) is 0. The van der Waals surface area contributed by atoms with Gasteiger partial charge in [0.25, 0.3) is 0 Å². The normalized spacial score (nSPS) is 15.1. The summed E-state index contributed by atoms with van der Waals surface area (Å²) in [4.78, 5) is 18.1. The van der Waals surface area contributed by atoms with E-state index >= 15 is 4.39 Å². The fourth-order valence-corrected chi connectivity index (χ4v) is 4.01.